The number of hydrogen-bond donors (Lipinski definition) is 1. The molecule has 0 saturated heterocycles. The van der Waals surface area contributed by atoms with Gasteiger partial charge < -0.3 is 0 Å². The van der Waals surface area contributed by atoms with Crippen molar-refractivity contribution in [2.24, 2.45) is 0 Å². The van der Waals surface area contributed by atoms with Crippen molar-refractivity contribution in [3.8, 4) is 11.4 Å². The van der Waals surface area contributed by atoms with Gasteiger partial charge in [-0.05, 0) is 25.1 Å². The molecular weight excluding hydrogens is 365 g/mol. The van der Waals surface area contributed by atoms with Crippen LogP contribution in [0.1, 0.15) is 15.9 Å². The Morgan fingerprint density at radius 3 is 2.62 bits per heavy atom. The van der Waals surface area contributed by atoms with E-state index in [1.807, 2.05) is 31.2 Å². The molecule has 1 aromatic heterocycles. The Hall–Kier alpha value is -1.82. The molecule has 0 saturated carbocycles. The molecule has 2 aromatic carbocycles. The molecule has 1 heterocycles. The lowest BCUT2D eigenvalue weighted by Crippen LogP contribution is -2.03. The maximum atomic E-state index is 12.3. The average Bonchev–Trinajstić information content (AvgIpc) is 3.02. The second-order valence-electron chi connectivity index (χ2n) is 5.17. The largest absolute Gasteiger partial charge is 0.293 e. The summed E-state index contributed by atoms with van der Waals surface area (Å²) in [5.74, 6) is 0.782. The second kappa shape index (κ2) is 7.38. The average molecular weight is 378 g/mol. The van der Waals surface area contributed by atoms with Gasteiger partial charge in [0.1, 0.15) is 0 Å². The van der Waals surface area contributed by atoms with Gasteiger partial charge in [-0.15, -0.1) is 5.10 Å². The van der Waals surface area contributed by atoms with Crippen molar-refractivity contribution < 1.29 is 4.79 Å². The fourth-order valence-corrected chi connectivity index (χ4v) is 3.27. The highest BCUT2D eigenvalue weighted by atomic mass is 35.5. The number of Topliss-reactive ketones (excluding diaryl/α,β-unsaturated/α-hetero) is 1. The Balaban J connectivity index is 1.67. The number of thioether (sulfide) groups is 1. The normalized spacial score (nSPS) is 10.8. The summed E-state index contributed by atoms with van der Waals surface area (Å²) >= 11 is 13.2. The van der Waals surface area contributed by atoms with Gasteiger partial charge in [0, 0.05) is 16.1 Å². The molecular formula is C17H13Cl2N3OS. The molecule has 3 aromatic rings. The van der Waals surface area contributed by atoms with Crippen molar-refractivity contribution in [3.05, 3.63) is 63.6 Å². The molecule has 0 aliphatic rings. The maximum Gasteiger partial charge on any atom is 0.209 e. The first-order valence-electron chi connectivity index (χ1n) is 7.13. The SMILES string of the molecule is Cc1ccc(-c2nc(SCC(=O)c3ccc(Cl)cc3Cl)n[nH]2)cc1. The van der Waals surface area contributed by atoms with Crippen LogP contribution in [0.4, 0.5) is 0 Å². The zero-order valence-corrected chi connectivity index (χ0v) is 15.0. The molecule has 1 N–H and O–H groups in total. The number of hydrogen-bond acceptors (Lipinski definition) is 4. The third-order valence-electron chi connectivity index (χ3n) is 3.35. The summed E-state index contributed by atoms with van der Waals surface area (Å²) in [6, 6.07) is 12.8. The molecule has 0 fully saturated rings. The van der Waals surface area contributed by atoms with Crippen molar-refractivity contribution in [1.82, 2.24) is 15.2 Å². The quantitative estimate of drug-likeness (QED) is 0.498. The van der Waals surface area contributed by atoms with Gasteiger partial charge in [0.25, 0.3) is 0 Å². The number of H-pyrrole nitrogens is 1. The molecule has 4 nitrogen and oxygen atoms in total. The number of carbonyl (C=O) groups is 1. The van der Waals surface area contributed by atoms with E-state index >= 15 is 0 Å². The van der Waals surface area contributed by atoms with E-state index in [2.05, 4.69) is 15.2 Å². The summed E-state index contributed by atoms with van der Waals surface area (Å²) in [4.78, 5) is 16.7. The van der Waals surface area contributed by atoms with Crippen LogP contribution >= 0.6 is 35.0 Å². The number of nitrogens with zero attached hydrogens (tertiary/aromatic N) is 2. The fraction of sp³-hybridized carbons (Fsp3) is 0.118. The first-order chi connectivity index (χ1) is 11.5. The minimum Gasteiger partial charge on any atom is -0.293 e. The molecule has 0 aliphatic carbocycles. The zero-order chi connectivity index (χ0) is 17.1. The lowest BCUT2D eigenvalue weighted by atomic mass is 10.1. The predicted octanol–water partition coefficient (Wildman–Crippen LogP) is 5.06. The number of aromatic nitrogens is 3. The molecule has 0 atom stereocenters. The molecule has 7 heteroatoms. The lowest BCUT2D eigenvalue weighted by Gasteiger charge is -2.02. The van der Waals surface area contributed by atoms with E-state index in [0.29, 0.717) is 26.6 Å². The van der Waals surface area contributed by atoms with Crippen LogP contribution in [-0.2, 0) is 0 Å². The third-order valence-corrected chi connectivity index (χ3v) is 4.75. The fourth-order valence-electron chi connectivity index (χ4n) is 2.07. The van der Waals surface area contributed by atoms with Crippen LogP contribution in [0.15, 0.2) is 47.6 Å². The number of rotatable bonds is 5. The highest BCUT2D eigenvalue weighted by Gasteiger charge is 2.13. The molecule has 0 bridgehead atoms. The minimum absolute atomic E-state index is 0.0941. The van der Waals surface area contributed by atoms with Crippen molar-refractivity contribution in [2.75, 3.05) is 5.75 Å². The first kappa shape index (κ1) is 17.0. The zero-order valence-electron chi connectivity index (χ0n) is 12.7. The Labute approximate surface area is 153 Å². The molecule has 0 spiro atoms. The van der Waals surface area contributed by atoms with E-state index in [1.54, 1.807) is 18.2 Å². The first-order valence-corrected chi connectivity index (χ1v) is 8.87. The second-order valence-corrected chi connectivity index (χ2v) is 6.95. The number of carbonyl (C=O) groups excluding carboxylic acids is 1. The van der Waals surface area contributed by atoms with Crippen LogP contribution in [-0.4, -0.2) is 26.7 Å². The summed E-state index contributed by atoms with van der Waals surface area (Å²) in [5.41, 5.74) is 2.58. The summed E-state index contributed by atoms with van der Waals surface area (Å²) in [7, 11) is 0. The minimum atomic E-state index is -0.0941. The lowest BCUT2D eigenvalue weighted by molar-refractivity contribution is 0.102. The number of aryl methyl sites for hydroxylation is 1. The highest BCUT2D eigenvalue weighted by Crippen LogP contribution is 2.24. The van der Waals surface area contributed by atoms with Crippen LogP contribution < -0.4 is 0 Å². The Morgan fingerprint density at radius 1 is 1.17 bits per heavy atom. The summed E-state index contributed by atoms with van der Waals surface area (Å²) in [6.07, 6.45) is 0. The Bertz CT molecular complexity index is 878. The summed E-state index contributed by atoms with van der Waals surface area (Å²) < 4.78 is 0. The van der Waals surface area contributed by atoms with Gasteiger partial charge in [-0.2, -0.15) is 0 Å². The van der Waals surface area contributed by atoms with E-state index in [0.717, 1.165) is 5.56 Å². The van der Waals surface area contributed by atoms with Gasteiger partial charge in [-0.3, -0.25) is 9.89 Å². The van der Waals surface area contributed by atoms with Crippen molar-refractivity contribution >= 4 is 40.7 Å². The molecule has 0 aliphatic heterocycles. The van der Waals surface area contributed by atoms with Crippen LogP contribution in [0.25, 0.3) is 11.4 Å². The molecule has 0 unspecified atom stereocenters. The van der Waals surface area contributed by atoms with Gasteiger partial charge in [0.15, 0.2) is 11.6 Å². The molecule has 3 rings (SSSR count). The van der Waals surface area contributed by atoms with Crippen molar-refractivity contribution in [2.45, 2.75) is 12.1 Å². The maximum absolute atomic E-state index is 12.3. The van der Waals surface area contributed by atoms with Crippen molar-refractivity contribution in [3.63, 3.8) is 0 Å². The summed E-state index contributed by atoms with van der Waals surface area (Å²) in [5, 5.41) is 8.39. The molecule has 0 radical (unpaired) electrons. The number of nitrogens with one attached hydrogen (secondary N) is 1. The Kier molecular flexibility index (Phi) is 5.23. The third kappa shape index (κ3) is 3.98. The van der Waals surface area contributed by atoms with E-state index in [1.165, 1.54) is 17.3 Å². The number of benzene rings is 2. The highest BCUT2D eigenvalue weighted by molar-refractivity contribution is 7.99. The number of ketones is 1. The molecule has 122 valence electrons. The van der Waals surface area contributed by atoms with Crippen LogP contribution in [0.5, 0.6) is 0 Å². The molecule has 0 amide bonds. The number of halogens is 2. The monoisotopic (exact) mass is 377 g/mol. The predicted molar refractivity (Wildman–Crippen MR) is 98.1 cm³/mol. The van der Waals surface area contributed by atoms with Gasteiger partial charge in [0.05, 0.1) is 10.8 Å². The van der Waals surface area contributed by atoms with E-state index in [4.69, 9.17) is 23.2 Å². The van der Waals surface area contributed by atoms with Gasteiger partial charge in [-0.25, -0.2) is 4.98 Å². The number of aromatic amines is 1. The smallest absolute Gasteiger partial charge is 0.209 e. The molecule has 24 heavy (non-hydrogen) atoms. The topological polar surface area (TPSA) is 58.6 Å². The van der Waals surface area contributed by atoms with Crippen LogP contribution in [0.3, 0.4) is 0 Å². The van der Waals surface area contributed by atoms with E-state index in [-0.39, 0.29) is 11.5 Å². The summed E-state index contributed by atoms with van der Waals surface area (Å²) in [6.45, 7) is 2.03. The Morgan fingerprint density at radius 2 is 1.92 bits per heavy atom. The van der Waals surface area contributed by atoms with Gasteiger partial charge in [0.2, 0.25) is 5.16 Å². The van der Waals surface area contributed by atoms with E-state index < -0.39 is 0 Å². The van der Waals surface area contributed by atoms with Crippen LogP contribution in [0.2, 0.25) is 10.0 Å². The van der Waals surface area contributed by atoms with Gasteiger partial charge in [-0.1, -0.05) is 64.8 Å². The van der Waals surface area contributed by atoms with Crippen LogP contribution in [0, 0.1) is 6.92 Å². The van der Waals surface area contributed by atoms with Crippen molar-refractivity contribution in [1.29, 1.82) is 0 Å². The van der Waals surface area contributed by atoms with Gasteiger partial charge >= 0.3 is 0 Å². The van der Waals surface area contributed by atoms with E-state index in [9.17, 15) is 4.79 Å². The standard InChI is InChI=1S/C17H13Cl2N3OS/c1-10-2-4-11(5-3-10)16-20-17(22-21-16)24-9-15(23)13-7-6-12(18)8-14(13)19/h2-8H,9H2,1H3,(H,20,21,22).